The van der Waals surface area contributed by atoms with Gasteiger partial charge in [0.2, 0.25) is 0 Å². The van der Waals surface area contributed by atoms with Crippen LogP contribution in [0.2, 0.25) is 0 Å². The van der Waals surface area contributed by atoms with E-state index in [0.29, 0.717) is 12.0 Å². The largest absolute Gasteiger partial charge is 0.478 e. The molecule has 0 unspecified atom stereocenters. The fraction of sp³-hybridized carbons (Fsp3) is 0.556. The molecule has 1 aromatic rings. The van der Waals surface area contributed by atoms with E-state index in [1.165, 1.54) is 31.7 Å². The summed E-state index contributed by atoms with van der Waals surface area (Å²) in [4.78, 5) is 22.6. The maximum absolute atomic E-state index is 11.4. The average Bonchev–Trinajstić information content (AvgIpc) is 2.46. The monoisotopic (exact) mass is 306 g/mol. The molecule has 4 heteroatoms. The molecule has 0 atom stereocenters. The third-order valence-electron chi connectivity index (χ3n) is 4.02. The van der Waals surface area contributed by atoms with Crippen LogP contribution in [0.5, 0.6) is 0 Å². The molecule has 1 rings (SSSR count). The quantitative estimate of drug-likeness (QED) is 0.615. The van der Waals surface area contributed by atoms with E-state index in [-0.39, 0.29) is 11.1 Å². The van der Waals surface area contributed by atoms with Crippen molar-refractivity contribution in [1.29, 1.82) is 0 Å². The number of rotatable bonds is 10. The second-order valence-corrected chi connectivity index (χ2v) is 5.77. The summed E-state index contributed by atoms with van der Waals surface area (Å²) in [6.07, 6.45) is 8.70. The summed E-state index contributed by atoms with van der Waals surface area (Å²) in [6, 6.07) is 3.09. The molecule has 122 valence electrons. The molecule has 22 heavy (non-hydrogen) atoms. The number of carbonyl (C=O) groups is 2. The van der Waals surface area contributed by atoms with Crippen molar-refractivity contribution < 1.29 is 19.8 Å². The highest BCUT2D eigenvalue weighted by Crippen LogP contribution is 2.22. The van der Waals surface area contributed by atoms with Crippen molar-refractivity contribution in [2.75, 3.05) is 0 Å². The molecule has 0 spiro atoms. The lowest BCUT2D eigenvalue weighted by molar-refractivity contribution is 0.0650. The lowest BCUT2D eigenvalue weighted by atomic mass is 9.92. The first kappa shape index (κ1) is 18.2. The fourth-order valence-corrected chi connectivity index (χ4v) is 2.76. The number of hydrogen-bond donors (Lipinski definition) is 2. The minimum absolute atomic E-state index is 0.0431. The molecule has 0 aromatic heterocycles. The molecule has 0 amide bonds. The topological polar surface area (TPSA) is 74.6 Å². The van der Waals surface area contributed by atoms with Crippen LogP contribution in [-0.4, -0.2) is 22.2 Å². The van der Waals surface area contributed by atoms with E-state index >= 15 is 0 Å². The van der Waals surface area contributed by atoms with Gasteiger partial charge in [-0.25, -0.2) is 9.59 Å². The Balaban J connectivity index is 2.71. The first-order valence-corrected chi connectivity index (χ1v) is 8.08. The third kappa shape index (κ3) is 5.17. The van der Waals surface area contributed by atoms with Gasteiger partial charge in [-0.3, -0.25) is 0 Å². The van der Waals surface area contributed by atoms with Gasteiger partial charge >= 0.3 is 11.9 Å². The number of benzene rings is 1. The van der Waals surface area contributed by atoms with Gasteiger partial charge in [0.15, 0.2) is 0 Å². The molecular formula is C18H26O4. The minimum Gasteiger partial charge on any atom is -0.478 e. The van der Waals surface area contributed by atoms with Crippen LogP contribution >= 0.6 is 0 Å². The standard InChI is InChI=1S/C18H26O4/c1-3-4-5-6-7-8-9-10-14-13(2)11-12-15(17(19)20)16(14)18(21)22/h11-12H,3-10H2,1-2H3,(H,19,20)(H,21,22). The molecule has 0 radical (unpaired) electrons. The highest BCUT2D eigenvalue weighted by atomic mass is 16.4. The molecular weight excluding hydrogens is 280 g/mol. The van der Waals surface area contributed by atoms with Gasteiger partial charge in [-0.2, -0.15) is 0 Å². The van der Waals surface area contributed by atoms with Crippen LogP contribution < -0.4 is 0 Å². The molecule has 0 bridgehead atoms. The predicted molar refractivity (Wildman–Crippen MR) is 86.8 cm³/mol. The van der Waals surface area contributed by atoms with Gasteiger partial charge in [0.05, 0.1) is 11.1 Å². The first-order chi connectivity index (χ1) is 10.5. The zero-order valence-corrected chi connectivity index (χ0v) is 13.5. The molecule has 0 aliphatic heterocycles. The van der Waals surface area contributed by atoms with Gasteiger partial charge < -0.3 is 10.2 Å². The molecule has 0 saturated carbocycles. The number of carboxylic acid groups (broad SMARTS) is 2. The van der Waals surface area contributed by atoms with Crippen molar-refractivity contribution in [1.82, 2.24) is 0 Å². The Morgan fingerprint density at radius 2 is 1.50 bits per heavy atom. The van der Waals surface area contributed by atoms with Crippen LogP contribution in [0.15, 0.2) is 12.1 Å². The van der Waals surface area contributed by atoms with Crippen molar-refractivity contribution in [2.45, 2.75) is 65.2 Å². The van der Waals surface area contributed by atoms with Crippen LogP contribution in [0.3, 0.4) is 0 Å². The van der Waals surface area contributed by atoms with Crippen LogP contribution in [0, 0.1) is 6.92 Å². The zero-order valence-electron chi connectivity index (χ0n) is 13.5. The summed E-state index contributed by atoms with van der Waals surface area (Å²) < 4.78 is 0. The fourth-order valence-electron chi connectivity index (χ4n) is 2.76. The summed E-state index contributed by atoms with van der Waals surface area (Å²) in [6.45, 7) is 4.03. The Morgan fingerprint density at radius 3 is 2.05 bits per heavy atom. The second kappa shape index (κ2) is 9.23. The van der Waals surface area contributed by atoms with E-state index < -0.39 is 11.9 Å². The first-order valence-electron chi connectivity index (χ1n) is 8.08. The van der Waals surface area contributed by atoms with Crippen molar-refractivity contribution in [3.05, 3.63) is 34.4 Å². The highest BCUT2D eigenvalue weighted by molar-refractivity contribution is 6.03. The number of aromatic carboxylic acids is 2. The van der Waals surface area contributed by atoms with Gasteiger partial charge in [-0.05, 0) is 37.0 Å². The van der Waals surface area contributed by atoms with Gasteiger partial charge in [0, 0.05) is 0 Å². The van der Waals surface area contributed by atoms with Crippen molar-refractivity contribution in [3.8, 4) is 0 Å². The van der Waals surface area contributed by atoms with Crippen LogP contribution in [-0.2, 0) is 6.42 Å². The van der Waals surface area contributed by atoms with Crippen LogP contribution in [0.1, 0.15) is 83.7 Å². The normalized spacial score (nSPS) is 10.6. The van der Waals surface area contributed by atoms with Crippen LogP contribution in [0.25, 0.3) is 0 Å². The van der Waals surface area contributed by atoms with E-state index in [2.05, 4.69) is 6.92 Å². The molecule has 4 nitrogen and oxygen atoms in total. The lowest BCUT2D eigenvalue weighted by Gasteiger charge is -2.12. The minimum atomic E-state index is -1.18. The summed E-state index contributed by atoms with van der Waals surface area (Å²) in [7, 11) is 0. The van der Waals surface area contributed by atoms with Gasteiger partial charge in [-0.15, -0.1) is 0 Å². The molecule has 2 N–H and O–H groups in total. The van der Waals surface area contributed by atoms with Gasteiger partial charge in [0.1, 0.15) is 0 Å². The third-order valence-corrected chi connectivity index (χ3v) is 4.02. The summed E-state index contributed by atoms with van der Waals surface area (Å²) in [5, 5.41) is 18.5. The Bertz CT molecular complexity index is 520. The average molecular weight is 306 g/mol. The van der Waals surface area contributed by atoms with Crippen molar-refractivity contribution >= 4 is 11.9 Å². The number of unbranched alkanes of at least 4 members (excludes halogenated alkanes) is 6. The summed E-state index contributed by atoms with van der Waals surface area (Å²) in [5.74, 6) is -2.34. The number of hydrogen-bond acceptors (Lipinski definition) is 2. The van der Waals surface area contributed by atoms with E-state index in [1.807, 2.05) is 6.92 Å². The van der Waals surface area contributed by atoms with Gasteiger partial charge in [-0.1, -0.05) is 51.5 Å². The molecule has 0 heterocycles. The smallest absolute Gasteiger partial charge is 0.336 e. The van der Waals surface area contributed by atoms with Crippen molar-refractivity contribution in [3.63, 3.8) is 0 Å². The Hall–Kier alpha value is -1.84. The van der Waals surface area contributed by atoms with E-state index in [1.54, 1.807) is 6.07 Å². The highest BCUT2D eigenvalue weighted by Gasteiger charge is 2.21. The predicted octanol–water partition coefficient (Wildman–Crippen LogP) is 4.68. The molecule has 1 aromatic carbocycles. The van der Waals surface area contributed by atoms with E-state index in [0.717, 1.165) is 24.8 Å². The SMILES string of the molecule is CCCCCCCCCc1c(C)ccc(C(=O)O)c1C(=O)O. The number of carboxylic acids is 2. The maximum atomic E-state index is 11.4. The maximum Gasteiger partial charge on any atom is 0.336 e. The summed E-state index contributed by atoms with van der Waals surface area (Å²) >= 11 is 0. The Kier molecular flexibility index (Phi) is 7.64. The Labute approximate surface area is 132 Å². The van der Waals surface area contributed by atoms with Crippen LogP contribution in [0.4, 0.5) is 0 Å². The molecule has 0 aliphatic rings. The van der Waals surface area contributed by atoms with Gasteiger partial charge in [0.25, 0.3) is 0 Å². The molecule has 0 aliphatic carbocycles. The zero-order chi connectivity index (χ0) is 16.5. The van der Waals surface area contributed by atoms with E-state index in [9.17, 15) is 14.7 Å². The Morgan fingerprint density at radius 1 is 0.909 bits per heavy atom. The summed E-state index contributed by atoms with van der Waals surface area (Å²) in [5.41, 5.74) is 1.36. The number of aryl methyl sites for hydroxylation is 1. The van der Waals surface area contributed by atoms with E-state index in [4.69, 9.17) is 5.11 Å². The second-order valence-electron chi connectivity index (χ2n) is 5.77. The molecule has 0 saturated heterocycles. The molecule has 0 fully saturated rings. The van der Waals surface area contributed by atoms with Crippen molar-refractivity contribution in [2.24, 2.45) is 0 Å². The lowest BCUT2D eigenvalue weighted by Crippen LogP contribution is -2.13.